The van der Waals surface area contributed by atoms with Crippen molar-refractivity contribution in [3.05, 3.63) is 50.0 Å². The van der Waals surface area contributed by atoms with Crippen molar-refractivity contribution in [1.82, 2.24) is 4.98 Å². The predicted octanol–water partition coefficient (Wildman–Crippen LogP) is 5.15. The number of halogens is 4. The van der Waals surface area contributed by atoms with Crippen molar-refractivity contribution >= 4 is 52.4 Å². The Morgan fingerprint density at radius 3 is 2.20 bits per heavy atom. The lowest BCUT2D eigenvalue weighted by Gasteiger charge is -2.09. The molecule has 0 aliphatic rings. The Hall–Kier alpha value is -1.000. The molecular formula is C13H7Cl4NO2. The van der Waals surface area contributed by atoms with Crippen LogP contribution in [0.1, 0.15) is 10.4 Å². The van der Waals surface area contributed by atoms with Crippen LogP contribution in [0.3, 0.4) is 0 Å². The second-order valence-electron chi connectivity index (χ2n) is 3.79. The Kier molecular flexibility index (Phi) is 4.76. The van der Waals surface area contributed by atoms with Gasteiger partial charge in [-0.2, -0.15) is 0 Å². The Bertz CT molecular complexity index is 665. The number of esters is 1. The smallest absolute Gasteiger partial charge is 0.339 e. The number of hydrogen-bond acceptors (Lipinski definition) is 3. The second-order valence-corrected chi connectivity index (χ2v) is 5.44. The number of pyridine rings is 1. The number of ether oxygens (including phenoxy) is 1. The number of carbonyl (C=O) groups excluding carboxylic acids is 1. The summed E-state index contributed by atoms with van der Waals surface area (Å²) < 4.78 is 4.65. The quantitative estimate of drug-likeness (QED) is 0.703. The highest BCUT2D eigenvalue weighted by Gasteiger charge is 2.17. The van der Waals surface area contributed by atoms with Crippen LogP contribution in [0, 0.1) is 0 Å². The van der Waals surface area contributed by atoms with Crippen LogP contribution < -0.4 is 0 Å². The third-order valence-corrected chi connectivity index (χ3v) is 3.64. The molecule has 0 N–H and O–H groups in total. The van der Waals surface area contributed by atoms with Crippen LogP contribution in [0.2, 0.25) is 20.1 Å². The molecule has 1 aromatic carbocycles. The molecule has 0 radical (unpaired) electrons. The molecule has 2 aromatic rings. The number of methoxy groups -OCH3 is 1. The zero-order chi connectivity index (χ0) is 14.9. The summed E-state index contributed by atoms with van der Waals surface area (Å²) in [6.45, 7) is 0. The van der Waals surface area contributed by atoms with Gasteiger partial charge in [-0.25, -0.2) is 4.79 Å². The first-order valence-corrected chi connectivity index (χ1v) is 6.84. The summed E-state index contributed by atoms with van der Waals surface area (Å²) in [6.07, 6.45) is 1.34. The molecule has 104 valence electrons. The maximum atomic E-state index is 11.6. The Morgan fingerprint density at radius 1 is 1.05 bits per heavy atom. The van der Waals surface area contributed by atoms with Gasteiger partial charge < -0.3 is 4.74 Å². The van der Waals surface area contributed by atoms with E-state index < -0.39 is 5.97 Å². The number of benzene rings is 1. The van der Waals surface area contributed by atoms with Gasteiger partial charge in [-0.05, 0) is 18.2 Å². The number of carbonyl (C=O) groups is 1. The normalized spacial score (nSPS) is 10.4. The van der Waals surface area contributed by atoms with Crippen LogP contribution in [-0.4, -0.2) is 18.1 Å². The Balaban J connectivity index is 2.63. The molecule has 0 saturated carbocycles. The molecule has 1 heterocycles. The van der Waals surface area contributed by atoms with Crippen molar-refractivity contribution < 1.29 is 9.53 Å². The fraction of sp³-hybridized carbons (Fsp3) is 0.0769. The molecule has 0 amide bonds. The fourth-order valence-corrected chi connectivity index (χ4v) is 2.82. The van der Waals surface area contributed by atoms with Crippen molar-refractivity contribution in [1.29, 1.82) is 0 Å². The number of nitrogens with zero attached hydrogens (tertiary/aromatic N) is 1. The average Bonchev–Trinajstić information content (AvgIpc) is 2.38. The van der Waals surface area contributed by atoms with Gasteiger partial charge in [0.2, 0.25) is 0 Å². The van der Waals surface area contributed by atoms with Crippen LogP contribution in [0.5, 0.6) is 0 Å². The Morgan fingerprint density at radius 2 is 1.65 bits per heavy atom. The van der Waals surface area contributed by atoms with E-state index >= 15 is 0 Å². The third-order valence-electron chi connectivity index (χ3n) is 2.52. The summed E-state index contributed by atoms with van der Waals surface area (Å²) in [5.41, 5.74) is 1.06. The van der Waals surface area contributed by atoms with E-state index in [1.54, 1.807) is 12.1 Å². The first-order valence-electron chi connectivity index (χ1n) is 5.32. The summed E-state index contributed by atoms with van der Waals surface area (Å²) in [5.74, 6) is -0.570. The fourth-order valence-electron chi connectivity index (χ4n) is 1.63. The first kappa shape index (κ1) is 15.4. The molecule has 0 bridgehead atoms. The van der Waals surface area contributed by atoms with Gasteiger partial charge in [0.25, 0.3) is 0 Å². The molecule has 0 unspecified atom stereocenters. The summed E-state index contributed by atoms with van der Waals surface area (Å²) in [7, 11) is 1.26. The summed E-state index contributed by atoms with van der Waals surface area (Å²) in [6, 6.07) is 4.55. The van der Waals surface area contributed by atoms with Crippen molar-refractivity contribution in [2.24, 2.45) is 0 Å². The third kappa shape index (κ3) is 3.01. The van der Waals surface area contributed by atoms with Crippen molar-refractivity contribution in [3.63, 3.8) is 0 Å². The minimum absolute atomic E-state index is 0.182. The molecule has 0 aliphatic carbocycles. The summed E-state index contributed by atoms with van der Waals surface area (Å²) >= 11 is 24.0. The van der Waals surface area contributed by atoms with Crippen LogP contribution in [0.15, 0.2) is 24.4 Å². The minimum atomic E-state index is -0.570. The number of hydrogen-bond donors (Lipinski definition) is 0. The molecule has 7 heteroatoms. The number of rotatable bonds is 2. The van der Waals surface area contributed by atoms with Crippen molar-refractivity contribution in [2.75, 3.05) is 7.11 Å². The highest BCUT2D eigenvalue weighted by atomic mass is 35.5. The van der Waals surface area contributed by atoms with Crippen LogP contribution in [0.25, 0.3) is 11.3 Å². The highest BCUT2D eigenvalue weighted by molar-refractivity contribution is 6.41. The van der Waals surface area contributed by atoms with Gasteiger partial charge in [0.1, 0.15) is 0 Å². The molecular weight excluding hydrogens is 344 g/mol. The molecule has 20 heavy (non-hydrogen) atoms. The van der Waals surface area contributed by atoms with E-state index in [4.69, 9.17) is 46.4 Å². The predicted molar refractivity (Wildman–Crippen MR) is 81.1 cm³/mol. The maximum absolute atomic E-state index is 11.6. The van der Waals surface area contributed by atoms with Gasteiger partial charge in [0.05, 0.1) is 33.4 Å². The van der Waals surface area contributed by atoms with E-state index in [0.717, 1.165) is 0 Å². The van der Waals surface area contributed by atoms with E-state index in [1.807, 2.05) is 0 Å². The summed E-state index contributed by atoms with van der Waals surface area (Å²) in [5, 5.41) is 1.24. The monoisotopic (exact) mass is 349 g/mol. The molecule has 3 nitrogen and oxygen atoms in total. The molecule has 0 aliphatic heterocycles. The van der Waals surface area contributed by atoms with Crippen molar-refractivity contribution in [2.45, 2.75) is 0 Å². The number of aromatic nitrogens is 1. The Labute approximate surface area is 135 Å². The van der Waals surface area contributed by atoms with E-state index in [0.29, 0.717) is 26.3 Å². The average molecular weight is 351 g/mol. The lowest BCUT2D eigenvalue weighted by Crippen LogP contribution is -2.03. The van der Waals surface area contributed by atoms with Gasteiger partial charge >= 0.3 is 5.97 Å². The van der Waals surface area contributed by atoms with E-state index in [-0.39, 0.29) is 10.6 Å². The van der Waals surface area contributed by atoms with E-state index in [2.05, 4.69) is 9.72 Å². The van der Waals surface area contributed by atoms with Crippen LogP contribution in [-0.2, 0) is 4.74 Å². The largest absolute Gasteiger partial charge is 0.465 e. The first-order chi connectivity index (χ1) is 9.43. The van der Waals surface area contributed by atoms with E-state index in [9.17, 15) is 4.79 Å². The summed E-state index contributed by atoms with van der Waals surface area (Å²) in [4.78, 5) is 15.7. The lowest BCUT2D eigenvalue weighted by molar-refractivity contribution is 0.0601. The topological polar surface area (TPSA) is 39.2 Å². The molecule has 1 aromatic heterocycles. The zero-order valence-corrected chi connectivity index (χ0v) is 13.1. The molecule has 0 fully saturated rings. The molecule has 0 atom stereocenters. The lowest BCUT2D eigenvalue weighted by atomic mass is 10.1. The van der Waals surface area contributed by atoms with Gasteiger partial charge in [-0.3, -0.25) is 4.98 Å². The molecule has 0 saturated heterocycles. The van der Waals surface area contributed by atoms with Gasteiger partial charge in [0.15, 0.2) is 0 Å². The van der Waals surface area contributed by atoms with Crippen LogP contribution >= 0.6 is 46.4 Å². The maximum Gasteiger partial charge on any atom is 0.339 e. The molecule has 2 rings (SSSR count). The minimum Gasteiger partial charge on any atom is -0.465 e. The standard InChI is InChI=1S/C13H7Cl4NO2/c1-20-13(19)7-4-11(18-5-10(7)17)12-8(15)2-6(14)3-9(12)16/h2-5H,1H3. The highest BCUT2D eigenvalue weighted by Crippen LogP contribution is 2.37. The van der Waals surface area contributed by atoms with E-state index in [1.165, 1.54) is 19.4 Å². The van der Waals surface area contributed by atoms with Gasteiger partial charge in [0, 0.05) is 16.8 Å². The van der Waals surface area contributed by atoms with Gasteiger partial charge in [-0.15, -0.1) is 0 Å². The SMILES string of the molecule is COC(=O)c1cc(-c2c(Cl)cc(Cl)cc2Cl)ncc1Cl. The molecule has 0 spiro atoms. The van der Waals surface area contributed by atoms with Crippen LogP contribution in [0.4, 0.5) is 0 Å². The zero-order valence-electron chi connectivity index (χ0n) is 10.1. The van der Waals surface area contributed by atoms with Gasteiger partial charge in [-0.1, -0.05) is 46.4 Å². The second kappa shape index (κ2) is 6.19. The van der Waals surface area contributed by atoms with Crippen molar-refractivity contribution in [3.8, 4) is 11.3 Å².